The molecule has 1 aromatic carbocycles. The highest BCUT2D eigenvalue weighted by atomic mass is 79.9. The Hall–Kier alpha value is -1.40. The zero-order valence-electron chi connectivity index (χ0n) is 12.1. The highest BCUT2D eigenvalue weighted by Crippen LogP contribution is 2.13. The summed E-state index contributed by atoms with van der Waals surface area (Å²) >= 11 is 3.23. The lowest BCUT2D eigenvalue weighted by Crippen LogP contribution is -2.47. The molecule has 0 atom stereocenters. The summed E-state index contributed by atoms with van der Waals surface area (Å²) < 4.78 is 0. The van der Waals surface area contributed by atoms with Gasteiger partial charge in [0.15, 0.2) is 0 Å². The first-order chi connectivity index (χ1) is 10.1. The zero-order valence-corrected chi connectivity index (χ0v) is 13.7. The number of alkyl halides is 1. The SMILES string of the molecule is CN1CCN(C(=O)c2ccc(NC(=O)CCBr)cc2)CC1. The van der Waals surface area contributed by atoms with E-state index in [1.165, 1.54) is 0 Å². The van der Waals surface area contributed by atoms with E-state index in [0.717, 1.165) is 31.9 Å². The van der Waals surface area contributed by atoms with Crippen molar-refractivity contribution in [1.82, 2.24) is 9.80 Å². The number of halogens is 1. The van der Waals surface area contributed by atoms with Crippen LogP contribution in [-0.2, 0) is 4.79 Å². The van der Waals surface area contributed by atoms with Gasteiger partial charge in [-0.05, 0) is 31.3 Å². The monoisotopic (exact) mass is 353 g/mol. The van der Waals surface area contributed by atoms with Crippen LogP contribution >= 0.6 is 15.9 Å². The van der Waals surface area contributed by atoms with Crippen molar-refractivity contribution in [1.29, 1.82) is 0 Å². The minimum Gasteiger partial charge on any atom is -0.336 e. The maximum atomic E-state index is 12.4. The molecule has 1 fully saturated rings. The normalized spacial score (nSPS) is 15.8. The summed E-state index contributed by atoms with van der Waals surface area (Å²) in [6.07, 6.45) is 0.433. The first-order valence-electron chi connectivity index (χ1n) is 7.04. The van der Waals surface area contributed by atoms with Gasteiger partial charge in [-0.15, -0.1) is 0 Å². The maximum Gasteiger partial charge on any atom is 0.253 e. The third-order valence-corrected chi connectivity index (χ3v) is 3.92. The molecule has 0 unspecified atom stereocenters. The fourth-order valence-corrected chi connectivity index (χ4v) is 2.56. The van der Waals surface area contributed by atoms with Crippen LogP contribution in [0.4, 0.5) is 5.69 Å². The Balaban J connectivity index is 1.95. The first kappa shape index (κ1) is 16.0. The number of carbonyl (C=O) groups is 2. The minimum atomic E-state index is -0.0370. The van der Waals surface area contributed by atoms with Crippen LogP contribution in [0.1, 0.15) is 16.8 Å². The van der Waals surface area contributed by atoms with Crippen LogP contribution in [0.25, 0.3) is 0 Å². The second-order valence-corrected chi connectivity index (χ2v) is 5.95. The second kappa shape index (κ2) is 7.56. The number of carbonyl (C=O) groups excluding carboxylic acids is 2. The average Bonchev–Trinajstić information content (AvgIpc) is 2.48. The molecule has 1 saturated heterocycles. The van der Waals surface area contributed by atoms with Crippen molar-refractivity contribution in [2.75, 3.05) is 43.9 Å². The largest absolute Gasteiger partial charge is 0.336 e. The van der Waals surface area contributed by atoms with E-state index in [1.54, 1.807) is 24.3 Å². The molecule has 114 valence electrons. The van der Waals surface area contributed by atoms with Crippen molar-refractivity contribution < 1.29 is 9.59 Å². The fourth-order valence-electron chi connectivity index (χ4n) is 2.20. The number of amides is 2. The molecule has 0 saturated carbocycles. The predicted molar refractivity (Wildman–Crippen MR) is 86.9 cm³/mol. The van der Waals surface area contributed by atoms with Crippen LogP contribution in [0.3, 0.4) is 0 Å². The number of rotatable bonds is 4. The minimum absolute atomic E-state index is 0.0370. The Bertz CT molecular complexity index is 496. The quantitative estimate of drug-likeness (QED) is 0.839. The van der Waals surface area contributed by atoms with Crippen molar-refractivity contribution in [2.45, 2.75) is 6.42 Å². The maximum absolute atomic E-state index is 12.4. The molecule has 0 spiro atoms. The third-order valence-electron chi connectivity index (χ3n) is 3.53. The number of hydrogen-bond acceptors (Lipinski definition) is 3. The molecule has 2 amide bonds. The summed E-state index contributed by atoms with van der Waals surface area (Å²) in [6, 6.07) is 7.08. The Kier molecular flexibility index (Phi) is 5.76. The van der Waals surface area contributed by atoms with E-state index in [1.807, 2.05) is 4.90 Å². The van der Waals surface area contributed by atoms with Gasteiger partial charge in [-0.25, -0.2) is 0 Å². The summed E-state index contributed by atoms with van der Waals surface area (Å²) in [7, 11) is 2.06. The Labute approximate surface area is 133 Å². The van der Waals surface area contributed by atoms with Crippen molar-refractivity contribution in [3.8, 4) is 0 Å². The number of benzene rings is 1. The lowest BCUT2D eigenvalue weighted by atomic mass is 10.1. The molecule has 0 bridgehead atoms. The summed E-state index contributed by atoms with van der Waals surface area (Å²) in [4.78, 5) is 27.9. The van der Waals surface area contributed by atoms with Crippen LogP contribution in [-0.4, -0.2) is 60.2 Å². The van der Waals surface area contributed by atoms with Crippen LogP contribution in [0, 0.1) is 0 Å². The van der Waals surface area contributed by atoms with Gasteiger partial charge < -0.3 is 15.1 Å². The Morgan fingerprint density at radius 1 is 1.14 bits per heavy atom. The lowest BCUT2D eigenvalue weighted by molar-refractivity contribution is -0.115. The molecule has 6 heteroatoms. The Morgan fingerprint density at radius 2 is 1.76 bits per heavy atom. The number of nitrogens with zero attached hydrogens (tertiary/aromatic N) is 2. The van der Waals surface area contributed by atoms with Crippen LogP contribution < -0.4 is 5.32 Å². The van der Waals surface area contributed by atoms with Crippen molar-refractivity contribution in [3.05, 3.63) is 29.8 Å². The third kappa shape index (κ3) is 4.54. The van der Waals surface area contributed by atoms with Crippen molar-refractivity contribution in [3.63, 3.8) is 0 Å². The summed E-state index contributed by atoms with van der Waals surface area (Å²) in [5.74, 6) is 0.0199. The van der Waals surface area contributed by atoms with E-state index in [2.05, 4.69) is 33.2 Å². The average molecular weight is 354 g/mol. The molecule has 0 aliphatic carbocycles. The van der Waals surface area contributed by atoms with Gasteiger partial charge in [0.1, 0.15) is 0 Å². The molecule has 1 aliphatic heterocycles. The van der Waals surface area contributed by atoms with E-state index in [4.69, 9.17) is 0 Å². The molecular weight excluding hydrogens is 334 g/mol. The van der Waals surface area contributed by atoms with Gasteiger partial charge in [-0.1, -0.05) is 15.9 Å². The molecule has 1 aliphatic rings. The molecule has 5 nitrogen and oxygen atoms in total. The van der Waals surface area contributed by atoms with Crippen molar-refractivity contribution >= 4 is 33.4 Å². The molecule has 1 heterocycles. The number of nitrogens with one attached hydrogen (secondary N) is 1. The van der Waals surface area contributed by atoms with E-state index in [-0.39, 0.29) is 11.8 Å². The van der Waals surface area contributed by atoms with Crippen molar-refractivity contribution in [2.24, 2.45) is 0 Å². The van der Waals surface area contributed by atoms with E-state index < -0.39 is 0 Å². The number of anilines is 1. The predicted octanol–water partition coefficient (Wildman–Crippen LogP) is 1.80. The van der Waals surface area contributed by atoms with Gasteiger partial charge >= 0.3 is 0 Å². The summed E-state index contributed by atoms with van der Waals surface area (Å²) in [6.45, 7) is 3.34. The van der Waals surface area contributed by atoms with E-state index >= 15 is 0 Å². The second-order valence-electron chi connectivity index (χ2n) is 5.16. The fraction of sp³-hybridized carbons (Fsp3) is 0.467. The van der Waals surface area contributed by atoms with Gasteiger partial charge in [-0.3, -0.25) is 9.59 Å². The number of hydrogen-bond donors (Lipinski definition) is 1. The lowest BCUT2D eigenvalue weighted by Gasteiger charge is -2.32. The molecule has 1 N–H and O–H groups in total. The molecule has 2 rings (SSSR count). The highest BCUT2D eigenvalue weighted by Gasteiger charge is 2.20. The Morgan fingerprint density at radius 3 is 2.33 bits per heavy atom. The highest BCUT2D eigenvalue weighted by molar-refractivity contribution is 9.09. The van der Waals surface area contributed by atoms with Gasteiger partial charge in [-0.2, -0.15) is 0 Å². The van der Waals surface area contributed by atoms with Gasteiger partial charge in [0.25, 0.3) is 5.91 Å². The molecule has 21 heavy (non-hydrogen) atoms. The topological polar surface area (TPSA) is 52.6 Å². The van der Waals surface area contributed by atoms with Gasteiger partial charge in [0.2, 0.25) is 5.91 Å². The molecule has 0 radical (unpaired) electrons. The molecule has 0 aromatic heterocycles. The number of piperazine rings is 1. The van der Waals surface area contributed by atoms with Crippen LogP contribution in [0.5, 0.6) is 0 Å². The summed E-state index contributed by atoms with van der Waals surface area (Å²) in [5, 5.41) is 3.43. The smallest absolute Gasteiger partial charge is 0.253 e. The van der Waals surface area contributed by atoms with Gasteiger partial charge in [0, 0.05) is 49.2 Å². The number of likely N-dealkylation sites (N-methyl/N-ethyl adjacent to an activating group) is 1. The van der Waals surface area contributed by atoms with E-state index in [0.29, 0.717) is 17.3 Å². The van der Waals surface area contributed by atoms with E-state index in [9.17, 15) is 9.59 Å². The summed E-state index contributed by atoms with van der Waals surface area (Å²) in [5.41, 5.74) is 1.38. The first-order valence-corrected chi connectivity index (χ1v) is 8.16. The molecule has 1 aromatic rings. The van der Waals surface area contributed by atoms with Crippen LogP contribution in [0.15, 0.2) is 24.3 Å². The standard InChI is InChI=1S/C15H20BrN3O2/c1-18-8-10-19(11-9-18)15(21)12-2-4-13(5-3-12)17-14(20)6-7-16/h2-5H,6-11H2,1H3,(H,17,20). The molecular formula is C15H20BrN3O2. The van der Waals surface area contributed by atoms with Gasteiger partial charge in [0.05, 0.1) is 0 Å². The van der Waals surface area contributed by atoms with Crippen LogP contribution in [0.2, 0.25) is 0 Å². The zero-order chi connectivity index (χ0) is 15.2.